The molecule has 0 aliphatic heterocycles. The molecule has 3 heteroatoms. The molecule has 7 heavy (non-hydrogen) atoms. The van der Waals surface area contributed by atoms with Crippen LogP contribution in [0.4, 0.5) is 0 Å². The molecular weight excluding hydrogens is 181 g/mol. The van der Waals surface area contributed by atoms with Crippen LogP contribution in [0.25, 0.3) is 0 Å². The maximum absolute atomic E-state index is 7.75. The summed E-state index contributed by atoms with van der Waals surface area (Å²) in [5.74, 6) is 0. The summed E-state index contributed by atoms with van der Waals surface area (Å²) in [6, 6.07) is 0. The molecule has 0 aromatic carbocycles. The van der Waals surface area contributed by atoms with Crippen molar-refractivity contribution in [1.82, 2.24) is 0 Å². The molecule has 0 amide bonds. The standard InChI is InChI=1S/2CHO.2CH3.Ru/c2*1-2;;;/h2*1H;2*1H3;/q4*-1;+4. The van der Waals surface area contributed by atoms with Crippen LogP contribution in [0.1, 0.15) is 0 Å². The van der Waals surface area contributed by atoms with E-state index in [4.69, 9.17) is 9.59 Å². The Balaban J connectivity index is -0.00000000267. The van der Waals surface area contributed by atoms with Crippen LogP contribution >= 0.6 is 0 Å². The summed E-state index contributed by atoms with van der Waals surface area (Å²) in [7, 11) is 0. The second-order valence-corrected chi connectivity index (χ2v) is 0. The van der Waals surface area contributed by atoms with Gasteiger partial charge in [-0.2, -0.15) is 0 Å². The summed E-state index contributed by atoms with van der Waals surface area (Å²) >= 11 is 0. The molecule has 0 rings (SSSR count). The van der Waals surface area contributed by atoms with E-state index in [1.807, 2.05) is 0 Å². The zero-order valence-electron chi connectivity index (χ0n) is 4.32. The smallest absolute Gasteiger partial charge is 0.545 e. The minimum absolute atomic E-state index is 0. The van der Waals surface area contributed by atoms with Gasteiger partial charge in [0.1, 0.15) is 0 Å². The van der Waals surface area contributed by atoms with Gasteiger partial charge in [0.2, 0.25) is 0 Å². The van der Waals surface area contributed by atoms with Gasteiger partial charge in [-0.15, -0.1) is 0 Å². The summed E-state index contributed by atoms with van der Waals surface area (Å²) in [5.41, 5.74) is 0. The molecule has 44 valence electrons. The Morgan fingerprint density at radius 1 is 0.714 bits per heavy atom. The van der Waals surface area contributed by atoms with Crippen molar-refractivity contribution in [2.24, 2.45) is 0 Å². The van der Waals surface area contributed by atoms with Crippen LogP contribution in [0.2, 0.25) is 0 Å². The first kappa shape index (κ1) is 64.2. The quantitative estimate of drug-likeness (QED) is 0.313. The van der Waals surface area contributed by atoms with Crippen molar-refractivity contribution in [3.05, 3.63) is 14.9 Å². The van der Waals surface area contributed by atoms with E-state index < -0.39 is 0 Å². The molecule has 0 aromatic rings. The molecule has 0 spiro atoms. The van der Waals surface area contributed by atoms with Gasteiger partial charge in [0.05, 0.1) is 0 Å². The van der Waals surface area contributed by atoms with Gasteiger partial charge in [-0.05, 0) is 0 Å². The third-order valence-electron chi connectivity index (χ3n) is 0. The predicted molar refractivity (Wildman–Crippen MR) is 26.3 cm³/mol. The fourth-order valence-corrected chi connectivity index (χ4v) is 0. The van der Waals surface area contributed by atoms with Crippen molar-refractivity contribution in [2.75, 3.05) is 0 Å². The molecular formula is C4H8O2Ru. The van der Waals surface area contributed by atoms with Gasteiger partial charge in [0.15, 0.2) is 0 Å². The summed E-state index contributed by atoms with van der Waals surface area (Å²) in [5, 5.41) is 0. The molecule has 0 heterocycles. The van der Waals surface area contributed by atoms with Gasteiger partial charge in [0, 0.05) is 0 Å². The fraction of sp³-hybridized carbons (Fsp3) is 0. The van der Waals surface area contributed by atoms with Crippen molar-refractivity contribution in [2.45, 2.75) is 0 Å². The van der Waals surface area contributed by atoms with Crippen LogP contribution in [0.15, 0.2) is 0 Å². The van der Waals surface area contributed by atoms with Crippen LogP contribution in [-0.2, 0) is 29.1 Å². The first-order chi connectivity index (χ1) is 2.00. The first-order valence-electron chi connectivity index (χ1n) is 0.471. The van der Waals surface area contributed by atoms with Gasteiger partial charge in [-0.3, -0.25) is 13.6 Å². The molecule has 0 radical (unpaired) electrons. The molecule has 0 aromatic heterocycles. The average Bonchev–Trinajstić information content (AvgIpc) is 1.50. The summed E-state index contributed by atoms with van der Waals surface area (Å²) in [6.45, 7) is 6.50. The van der Waals surface area contributed by atoms with Crippen LogP contribution in [0.3, 0.4) is 0 Å². The molecule has 0 saturated heterocycles. The molecule has 0 atom stereocenters. The first-order valence-corrected chi connectivity index (χ1v) is 0.471. The average molecular weight is 189 g/mol. The SMILES string of the molecule is [CH-]=O.[CH-]=O.[CH3-].[CH3-].[Ru+4]. The molecule has 2 nitrogen and oxygen atoms in total. The minimum atomic E-state index is 0. The molecule has 0 aliphatic rings. The van der Waals surface area contributed by atoms with E-state index in [1.54, 1.807) is 0 Å². The van der Waals surface area contributed by atoms with Crippen molar-refractivity contribution in [3.8, 4) is 0 Å². The van der Waals surface area contributed by atoms with Crippen LogP contribution in [-0.4, -0.2) is 13.6 Å². The van der Waals surface area contributed by atoms with Gasteiger partial charge < -0.3 is 24.4 Å². The van der Waals surface area contributed by atoms with E-state index in [9.17, 15) is 0 Å². The summed E-state index contributed by atoms with van der Waals surface area (Å²) < 4.78 is 0. The minimum Gasteiger partial charge on any atom is -0.545 e. The zero-order valence-corrected chi connectivity index (χ0v) is 6.06. The maximum atomic E-state index is 7.75. The molecule has 0 bridgehead atoms. The normalized spacial score (nSPS) is 1.14. The van der Waals surface area contributed by atoms with Crippen LogP contribution in [0, 0.1) is 14.9 Å². The number of hydrogen-bond donors (Lipinski definition) is 0. The van der Waals surface area contributed by atoms with Crippen LogP contribution in [0.5, 0.6) is 0 Å². The molecule has 0 fully saturated rings. The maximum Gasteiger partial charge on any atom is 4.00 e. The van der Waals surface area contributed by atoms with Crippen molar-refractivity contribution in [1.29, 1.82) is 0 Å². The molecule has 0 saturated carbocycles. The Bertz CT molecular complexity index is 11.7. The third-order valence-corrected chi connectivity index (χ3v) is 0. The Kier molecular flexibility index (Phi) is 1010000. The van der Waals surface area contributed by atoms with Crippen LogP contribution < -0.4 is 0 Å². The van der Waals surface area contributed by atoms with E-state index in [2.05, 4.69) is 13.6 Å². The number of carbonyl (C=O) groups excluding carboxylic acids is 2. The Labute approximate surface area is 58.1 Å². The van der Waals surface area contributed by atoms with Crippen molar-refractivity contribution >= 4 is 13.6 Å². The van der Waals surface area contributed by atoms with Crippen molar-refractivity contribution in [3.63, 3.8) is 0 Å². The fourth-order valence-electron chi connectivity index (χ4n) is 0. The number of rotatable bonds is 0. The zero-order chi connectivity index (χ0) is 4.00. The topological polar surface area (TPSA) is 34.1 Å². The summed E-state index contributed by atoms with van der Waals surface area (Å²) in [4.78, 5) is 15.5. The van der Waals surface area contributed by atoms with Gasteiger partial charge in [-0.1, -0.05) is 0 Å². The van der Waals surface area contributed by atoms with E-state index in [-0.39, 0.29) is 34.3 Å². The Hall–Kier alpha value is -0.0366. The van der Waals surface area contributed by atoms with E-state index >= 15 is 0 Å². The molecule has 0 N–H and O–H groups in total. The van der Waals surface area contributed by atoms with Gasteiger partial charge in [0.25, 0.3) is 0 Å². The molecule has 0 unspecified atom stereocenters. The van der Waals surface area contributed by atoms with E-state index in [1.165, 1.54) is 0 Å². The largest absolute Gasteiger partial charge is 4.00 e. The summed E-state index contributed by atoms with van der Waals surface area (Å²) in [6.07, 6.45) is 0. The van der Waals surface area contributed by atoms with E-state index in [0.717, 1.165) is 0 Å². The second-order valence-electron chi connectivity index (χ2n) is 0. The van der Waals surface area contributed by atoms with Gasteiger partial charge in [-0.25, -0.2) is 0 Å². The predicted octanol–water partition coefficient (Wildman–Crippen LogP) is 0.350. The van der Waals surface area contributed by atoms with E-state index in [0.29, 0.717) is 0 Å². The van der Waals surface area contributed by atoms with Gasteiger partial charge >= 0.3 is 19.5 Å². The second kappa shape index (κ2) is 110000. The Morgan fingerprint density at radius 3 is 0.714 bits per heavy atom. The third kappa shape index (κ3) is 69800. The number of hydrogen-bond acceptors (Lipinski definition) is 2. The monoisotopic (exact) mass is 190 g/mol. The van der Waals surface area contributed by atoms with Crippen molar-refractivity contribution < 1.29 is 29.1 Å². The Morgan fingerprint density at radius 2 is 0.714 bits per heavy atom. The molecule has 0 aliphatic carbocycles.